The third kappa shape index (κ3) is 1.87. The van der Waals surface area contributed by atoms with E-state index in [1.165, 1.54) is 18.2 Å². The summed E-state index contributed by atoms with van der Waals surface area (Å²) < 4.78 is 0. The highest BCUT2D eigenvalue weighted by Gasteiger charge is 2.46. The summed E-state index contributed by atoms with van der Waals surface area (Å²) in [6, 6.07) is 6.46. The van der Waals surface area contributed by atoms with Gasteiger partial charge in [0.05, 0.1) is 27.8 Å². The summed E-state index contributed by atoms with van der Waals surface area (Å²) in [6.07, 6.45) is 0.169. The van der Waals surface area contributed by atoms with Gasteiger partial charge in [0.25, 0.3) is 0 Å². The van der Waals surface area contributed by atoms with E-state index < -0.39 is 5.41 Å². The molecule has 0 atom stereocenters. The van der Waals surface area contributed by atoms with Crippen LogP contribution in [0.5, 0.6) is 0 Å². The standard InChI is InChI=1S/C13H11ClN2O2/c1-13(2)6-11(17)16(12(13)18)10-4-3-8(7-15)5-9(10)14/h3-5H,6H2,1-2H3. The first-order valence-corrected chi connectivity index (χ1v) is 5.81. The second-order valence-electron chi connectivity index (χ2n) is 4.87. The van der Waals surface area contributed by atoms with Crippen LogP contribution in [-0.4, -0.2) is 11.8 Å². The Kier molecular flexibility index (Phi) is 2.88. The van der Waals surface area contributed by atoms with Crippen molar-refractivity contribution in [2.45, 2.75) is 20.3 Å². The van der Waals surface area contributed by atoms with Crippen LogP contribution in [0.1, 0.15) is 25.8 Å². The van der Waals surface area contributed by atoms with Crippen molar-refractivity contribution < 1.29 is 9.59 Å². The van der Waals surface area contributed by atoms with E-state index in [2.05, 4.69) is 0 Å². The highest BCUT2D eigenvalue weighted by atomic mass is 35.5. The van der Waals surface area contributed by atoms with Crippen LogP contribution in [0.3, 0.4) is 0 Å². The third-order valence-electron chi connectivity index (χ3n) is 2.94. The molecule has 0 aliphatic carbocycles. The fourth-order valence-corrected chi connectivity index (χ4v) is 2.22. The van der Waals surface area contributed by atoms with Crippen molar-refractivity contribution in [1.29, 1.82) is 5.26 Å². The molecule has 92 valence electrons. The van der Waals surface area contributed by atoms with Gasteiger partial charge in [-0.1, -0.05) is 25.4 Å². The van der Waals surface area contributed by atoms with Crippen LogP contribution in [0.25, 0.3) is 0 Å². The Hall–Kier alpha value is -1.86. The molecule has 2 rings (SSSR count). The van der Waals surface area contributed by atoms with Crippen LogP contribution in [0, 0.1) is 16.7 Å². The molecule has 0 aromatic heterocycles. The first kappa shape index (κ1) is 12.6. The summed E-state index contributed by atoms with van der Waals surface area (Å²) in [5, 5.41) is 8.98. The summed E-state index contributed by atoms with van der Waals surface area (Å²) in [7, 11) is 0. The second-order valence-corrected chi connectivity index (χ2v) is 5.28. The third-order valence-corrected chi connectivity index (χ3v) is 3.25. The molecule has 2 amide bonds. The number of carbonyl (C=O) groups is 2. The maximum absolute atomic E-state index is 12.1. The van der Waals surface area contributed by atoms with Crippen molar-refractivity contribution >= 4 is 29.1 Å². The van der Waals surface area contributed by atoms with E-state index in [1.54, 1.807) is 13.8 Å². The molecular weight excluding hydrogens is 252 g/mol. The molecule has 1 aliphatic rings. The Bertz CT molecular complexity index is 587. The summed E-state index contributed by atoms with van der Waals surface area (Å²) in [5.74, 6) is -0.532. The number of nitrogens with zero attached hydrogens (tertiary/aromatic N) is 2. The van der Waals surface area contributed by atoms with E-state index >= 15 is 0 Å². The Morgan fingerprint density at radius 1 is 1.39 bits per heavy atom. The van der Waals surface area contributed by atoms with E-state index in [-0.39, 0.29) is 23.3 Å². The van der Waals surface area contributed by atoms with Crippen LogP contribution in [0.4, 0.5) is 5.69 Å². The topological polar surface area (TPSA) is 61.2 Å². The molecular formula is C13H11ClN2O2. The number of halogens is 1. The SMILES string of the molecule is CC1(C)CC(=O)N(c2ccc(C#N)cc2Cl)C1=O. The average Bonchev–Trinajstić information content (AvgIpc) is 2.49. The Labute approximate surface area is 110 Å². The summed E-state index contributed by atoms with van der Waals surface area (Å²) in [4.78, 5) is 25.1. The van der Waals surface area contributed by atoms with Gasteiger partial charge in [-0.15, -0.1) is 0 Å². The molecule has 1 fully saturated rings. The predicted molar refractivity (Wildman–Crippen MR) is 67.1 cm³/mol. The first-order valence-electron chi connectivity index (χ1n) is 5.44. The second kappa shape index (κ2) is 4.11. The highest BCUT2D eigenvalue weighted by molar-refractivity contribution is 6.36. The summed E-state index contributed by atoms with van der Waals surface area (Å²) >= 11 is 6.01. The molecule has 18 heavy (non-hydrogen) atoms. The Morgan fingerprint density at radius 3 is 2.50 bits per heavy atom. The van der Waals surface area contributed by atoms with E-state index in [0.717, 1.165) is 4.90 Å². The fourth-order valence-electron chi connectivity index (χ4n) is 1.95. The predicted octanol–water partition coefficient (Wildman–Crippen LogP) is 2.50. The number of anilines is 1. The van der Waals surface area contributed by atoms with Crippen molar-refractivity contribution in [2.75, 3.05) is 4.90 Å². The molecule has 5 heteroatoms. The smallest absolute Gasteiger partial charge is 0.239 e. The van der Waals surface area contributed by atoms with Gasteiger partial charge < -0.3 is 0 Å². The van der Waals surface area contributed by atoms with E-state index in [4.69, 9.17) is 16.9 Å². The van der Waals surface area contributed by atoms with Gasteiger partial charge in [-0.3, -0.25) is 9.59 Å². The molecule has 4 nitrogen and oxygen atoms in total. The van der Waals surface area contributed by atoms with Gasteiger partial charge in [-0.2, -0.15) is 5.26 Å². The van der Waals surface area contributed by atoms with Crippen molar-refractivity contribution in [3.63, 3.8) is 0 Å². The lowest BCUT2D eigenvalue weighted by molar-refractivity contribution is -0.124. The van der Waals surface area contributed by atoms with Crippen LogP contribution in [0.15, 0.2) is 18.2 Å². The van der Waals surface area contributed by atoms with Crippen molar-refractivity contribution in [1.82, 2.24) is 0 Å². The molecule has 0 unspecified atom stereocenters. The number of amides is 2. The number of carbonyl (C=O) groups excluding carboxylic acids is 2. The number of nitriles is 1. The lowest BCUT2D eigenvalue weighted by Crippen LogP contribution is -2.33. The van der Waals surface area contributed by atoms with E-state index in [9.17, 15) is 9.59 Å². The summed E-state index contributed by atoms with van der Waals surface area (Å²) in [6.45, 7) is 3.45. The van der Waals surface area contributed by atoms with Crippen LogP contribution in [0.2, 0.25) is 5.02 Å². The fraction of sp³-hybridized carbons (Fsp3) is 0.308. The number of hydrogen-bond donors (Lipinski definition) is 0. The monoisotopic (exact) mass is 262 g/mol. The van der Waals surface area contributed by atoms with Gasteiger partial charge in [0, 0.05) is 6.42 Å². The maximum atomic E-state index is 12.1. The molecule has 0 radical (unpaired) electrons. The quantitative estimate of drug-likeness (QED) is 0.731. The molecule has 0 spiro atoms. The van der Waals surface area contributed by atoms with Crippen LogP contribution >= 0.6 is 11.6 Å². The lowest BCUT2D eigenvalue weighted by Gasteiger charge is -2.18. The largest absolute Gasteiger partial charge is 0.274 e. The zero-order valence-electron chi connectivity index (χ0n) is 10.0. The number of rotatable bonds is 1. The molecule has 1 aromatic carbocycles. The zero-order valence-corrected chi connectivity index (χ0v) is 10.8. The minimum absolute atomic E-state index is 0.169. The number of hydrogen-bond acceptors (Lipinski definition) is 3. The van der Waals surface area contributed by atoms with Crippen molar-refractivity contribution in [2.24, 2.45) is 5.41 Å². The Balaban J connectivity index is 2.48. The summed E-state index contributed by atoms with van der Waals surface area (Å²) in [5.41, 5.74) is 0.0345. The average molecular weight is 263 g/mol. The normalized spacial score (nSPS) is 18.0. The first-order chi connectivity index (χ1) is 8.36. The molecule has 1 saturated heterocycles. The van der Waals surface area contributed by atoms with Gasteiger partial charge >= 0.3 is 0 Å². The zero-order chi connectivity index (χ0) is 13.5. The maximum Gasteiger partial charge on any atom is 0.239 e. The minimum Gasteiger partial charge on any atom is -0.274 e. The molecule has 1 aliphatic heterocycles. The van der Waals surface area contributed by atoms with Crippen LogP contribution in [-0.2, 0) is 9.59 Å². The van der Waals surface area contributed by atoms with Gasteiger partial charge in [-0.25, -0.2) is 4.90 Å². The van der Waals surface area contributed by atoms with Crippen molar-refractivity contribution in [3.8, 4) is 6.07 Å². The van der Waals surface area contributed by atoms with E-state index in [0.29, 0.717) is 11.3 Å². The van der Waals surface area contributed by atoms with Gasteiger partial charge in [-0.05, 0) is 18.2 Å². The van der Waals surface area contributed by atoms with Gasteiger partial charge in [0.2, 0.25) is 11.8 Å². The molecule has 0 N–H and O–H groups in total. The van der Waals surface area contributed by atoms with Gasteiger partial charge in [0.1, 0.15) is 0 Å². The highest BCUT2D eigenvalue weighted by Crippen LogP contribution is 2.38. The number of imide groups is 1. The van der Waals surface area contributed by atoms with E-state index in [1.807, 2.05) is 6.07 Å². The minimum atomic E-state index is -0.700. The van der Waals surface area contributed by atoms with Crippen molar-refractivity contribution in [3.05, 3.63) is 28.8 Å². The molecule has 1 aromatic rings. The van der Waals surface area contributed by atoms with Crippen LogP contribution < -0.4 is 4.90 Å². The molecule has 0 bridgehead atoms. The Morgan fingerprint density at radius 2 is 2.06 bits per heavy atom. The lowest BCUT2D eigenvalue weighted by atomic mass is 9.92. The molecule has 0 saturated carbocycles. The molecule has 1 heterocycles. The van der Waals surface area contributed by atoms with Gasteiger partial charge in [0.15, 0.2) is 0 Å². The number of benzene rings is 1.